The number of benzene rings is 1. The highest BCUT2D eigenvalue weighted by Gasteiger charge is 2.11. The molecule has 112 valence electrons. The maximum Gasteiger partial charge on any atom is 0.252 e. The van der Waals surface area contributed by atoms with Crippen molar-refractivity contribution < 1.29 is 9.53 Å². The Morgan fingerprint density at radius 3 is 2.95 bits per heavy atom. The SMILES string of the molecule is CCCCOCCNC(=O)c1cc(Cl)nc2ccccc12. The van der Waals surface area contributed by atoms with Crippen LogP contribution in [0.15, 0.2) is 30.3 Å². The summed E-state index contributed by atoms with van der Waals surface area (Å²) in [5, 5.41) is 3.96. The first-order valence-electron chi connectivity index (χ1n) is 7.13. The number of halogens is 1. The van der Waals surface area contributed by atoms with Crippen LogP contribution >= 0.6 is 11.6 Å². The molecule has 4 nitrogen and oxygen atoms in total. The van der Waals surface area contributed by atoms with Gasteiger partial charge in [0, 0.05) is 18.5 Å². The molecule has 0 aliphatic carbocycles. The summed E-state index contributed by atoms with van der Waals surface area (Å²) in [5.74, 6) is -0.158. The van der Waals surface area contributed by atoms with E-state index in [1.807, 2.05) is 24.3 Å². The van der Waals surface area contributed by atoms with E-state index < -0.39 is 0 Å². The van der Waals surface area contributed by atoms with Crippen LogP contribution < -0.4 is 5.32 Å². The monoisotopic (exact) mass is 306 g/mol. The van der Waals surface area contributed by atoms with Crippen LogP contribution in [0.3, 0.4) is 0 Å². The molecule has 2 aromatic rings. The molecule has 1 aromatic heterocycles. The Morgan fingerprint density at radius 2 is 2.14 bits per heavy atom. The van der Waals surface area contributed by atoms with Gasteiger partial charge in [0.1, 0.15) is 5.15 Å². The van der Waals surface area contributed by atoms with Gasteiger partial charge in [-0.2, -0.15) is 0 Å². The molecule has 0 saturated heterocycles. The zero-order valence-corrected chi connectivity index (χ0v) is 12.8. The average Bonchev–Trinajstić information content (AvgIpc) is 2.49. The van der Waals surface area contributed by atoms with E-state index in [9.17, 15) is 4.79 Å². The van der Waals surface area contributed by atoms with Crippen LogP contribution in [0.1, 0.15) is 30.1 Å². The van der Waals surface area contributed by atoms with Crippen LogP contribution in [-0.4, -0.2) is 30.6 Å². The van der Waals surface area contributed by atoms with Gasteiger partial charge < -0.3 is 10.1 Å². The predicted octanol–water partition coefficient (Wildman–Crippen LogP) is 3.43. The normalized spacial score (nSPS) is 10.8. The number of unbranched alkanes of at least 4 members (excludes halogenated alkanes) is 1. The van der Waals surface area contributed by atoms with Gasteiger partial charge in [-0.25, -0.2) is 4.98 Å². The van der Waals surface area contributed by atoms with E-state index >= 15 is 0 Å². The molecule has 0 aliphatic rings. The molecule has 0 atom stereocenters. The summed E-state index contributed by atoms with van der Waals surface area (Å²) in [5.41, 5.74) is 1.26. The lowest BCUT2D eigenvalue weighted by atomic mass is 10.1. The molecule has 2 rings (SSSR count). The second kappa shape index (κ2) is 7.96. The second-order valence-electron chi connectivity index (χ2n) is 4.73. The summed E-state index contributed by atoms with van der Waals surface area (Å²) < 4.78 is 5.42. The Hall–Kier alpha value is -1.65. The van der Waals surface area contributed by atoms with Gasteiger partial charge in [0.2, 0.25) is 0 Å². The molecule has 1 heterocycles. The van der Waals surface area contributed by atoms with Gasteiger partial charge in [-0.1, -0.05) is 43.1 Å². The summed E-state index contributed by atoms with van der Waals surface area (Å²) >= 11 is 5.97. The molecular formula is C16H19ClN2O2. The summed E-state index contributed by atoms with van der Waals surface area (Å²) in [6.45, 7) is 3.85. The van der Waals surface area contributed by atoms with Gasteiger partial charge in [0.05, 0.1) is 17.7 Å². The Labute approximate surface area is 129 Å². The lowest BCUT2D eigenvalue weighted by Crippen LogP contribution is -2.27. The molecular weight excluding hydrogens is 288 g/mol. The molecule has 21 heavy (non-hydrogen) atoms. The van der Waals surface area contributed by atoms with Crippen LogP contribution in [0.4, 0.5) is 0 Å². The van der Waals surface area contributed by atoms with Crippen molar-refractivity contribution in [3.63, 3.8) is 0 Å². The number of rotatable bonds is 7. The molecule has 0 radical (unpaired) electrons. The molecule has 0 unspecified atom stereocenters. The van der Waals surface area contributed by atoms with Crippen molar-refractivity contribution in [1.29, 1.82) is 0 Å². The highest BCUT2D eigenvalue weighted by atomic mass is 35.5. The number of nitrogens with zero attached hydrogens (tertiary/aromatic N) is 1. The van der Waals surface area contributed by atoms with E-state index in [0.717, 1.165) is 24.8 Å². The van der Waals surface area contributed by atoms with Crippen molar-refractivity contribution in [2.75, 3.05) is 19.8 Å². The third kappa shape index (κ3) is 4.41. The number of carbonyl (C=O) groups is 1. The highest BCUT2D eigenvalue weighted by molar-refractivity contribution is 6.30. The standard InChI is InChI=1S/C16H19ClN2O2/c1-2-3-9-21-10-8-18-16(20)13-11-15(17)19-14-7-5-4-6-12(13)14/h4-7,11H,2-3,8-10H2,1H3,(H,18,20). The van der Waals surface area contributed by atoms with E-state index in [4.69, 9.17) is 16.3 Å². The minimum absolute atomic E-state index is 0.158. The quantitative estimate of drug-likeness (QED) is 0.630. The summed E-state index contributed by atoms with van der Waals surface area (Å²) in [4.78, 5) is 16.5. The predicted molar refractivity (Wildman–Crippen MR) is 84.8 cm³/mol. The second-order valence-corrected chi connectivity index (χ2v) is 5.12. The number of hydrogen-bond acceptors (Lipinski definition) is 3. The molecule has 1 amide bonds. The minimum Gasteiger partial charge on any atom is -0.380 e. The molecule has 1 aromatic carbocycles. The number of para-hydroxylation sites is 1. The van der Waals surface area contributed by atoms with Crippen LogP contribution in [0.5, 0.6) is 0 Å². The molecule has 0 aliphatic heterocycles. The number of carbonyl (C=O) groups excluding carboxylic acids is 1. The third-order valence-corrected chi connectivity index (χ3v) is 3.30. The Balaban J connectivity index is 1.99. The van der Waals surface area contributed by atoms with E-state index in [1.54, 1.807) is 6.07 Å². The van der Waals surface area contributed by atoms with E-state index in [0.29, 0.717) is 29.4 Å². The van der Waals surface area contributed by atoms with Crippen molar-refractivity contribution in [2.24, 2.45) is 0 Å². The summed E-state index contributed by atoms with van der Waals surface area (Å²) in [7, 11) is 0. The molecule has 0 spiro atoms. The van der Waals surface area contributed by atoms with Gasteiger partial charge in [-0.15, -0.1) is 0 Å². The largest absolute Gasteiger partial charge is 0.380 e. The fourth-order valence-electron chi connectivity index (χ4n) is 2.01. The summed E-state index contributed by atoms with van der Waals surface area (Å²) in [6, 6.07) is 9.05. The van der Waals surface area contributed by atoms with Crippen molar-refractivity contribution in [3.05, 3.63) is 41.0 Å². The molecule has 0 saturated carbocycles. The lowest BCUT2D eigenvalue weighted by Gasteiger charge is -2.09. The lowest BCUT2D eigenvalue weighted by molar-refractivity contribution is 0.0914. The first-order valence-corrected chi connectivity index (χ1v) is 7.51. The highest BCUT2D eigenvalue weighted by Crippen LogP contribution is 2.20. The number of pyridine rings is 1. The maximum atomic E-state index is 12.2. The van der Waals surface area contributed by atoms with Gasteiger partial charge in [0.25, 0.3) is 5.91 Å². The average molecular weight is 307 g/mol. The Bertz CT molecular complexity index is 616. The van der Waals surface area contributed by atoms with Crippen LogP contribution in [0, 0.1) is 0 Å². The molecule has 0 fully saturated rings. The number of hydrogen-bond donors (Lipinski definition) is 1. The number of aromatic nitrogens is 1. The number of fused-ring (bicyclic) bond motifs is 1. The Kier molecular flexibility index (Phi) is 5.96. The van der Waals surface area contributed by atoms with E-state index in [1.165, 1.54) is 0 Å². The molecule has 5 heteroatoms. The topological polar surface area (TPSA) is 51.2 Å². The van der Waals surface area contributed by atoms with Crippen molar-refractivity contribution in [2.45, 2.75) is 19.8 Å². The third-order valence-electron chi connectivity index (χ3n) is 3.10. The summed E-state index contributed by atoms with van der Waals surface area (Å²) in [6.07, 6.45) is 2.15. The Morgan fingerprint density at radius 1 is 1.33 bits per heavy atom. The molecule has 0 bridgehead atoms. The fraction of sp³-hybridized carbons (Fsp3) is 0.375. The first kappa shape index (κ1) is 15.7. The smallest absolute Gasteiger partial charge is 0.252 e. The van der Waals surface area contributed by atoms with Gasteiger partial charge in [-0.05, 0) is 18.6 Å². The van der Waals surface area contributed by atoms with Gasteiger partial charge in [0.15, 0.2) is 0 Å². The van der Waals surface area contributed by atoms with Crippen molar-refractivity contribution in [3.8, 4) is 0 Å². The van der Waals surface area contributed by atoms with E-state index in [-0.39, 0.29) is 5.91 Å². The zero-order chi connectivity index (χ0) is 15.1. The van der Waals surface area contributed by atoms with Crippen molar-refractivity contribution >= 4 is 28.4 Å². The minimum atomic E-state index is -0.158. The maximum absolute atomic E-state index is 12.2. The van der Waals surface area contributed by atoms with Crippen LogP contribution in [0.25, 0.3) is 10.9 Å². The van der Waals surface area contributed by atoms with Gasteiger partial charge >= 0.3 is 0 Å². The van der Waals surface area contributed by atoms with Crippen molar-refractivity contribution in [1.82, 2.24) is 10.3 Å². The van der Waals surface area contributed by atoms with Gasteiger partial charge in [-0.3, -0.25) is 4.79 Å². The van der Waals surface area contributed by atoms with Crippen LogP contribution in [0.2, 0.25) is 5.15 Å². The fourth-order valence-corrected chi connectivity index (χ4v) is 2.21. The molecule has 1 N–H and O–H groups in total. The number of nitrogens with one attached hydrogen (secondary N) is 1. The zero-order valence-electron chi connectivity index (χ0n) is 12.1. The first-order chi connectivity index (χ1) is 10.2. The number of ether oxygens (including phenoxy) is 1. The van der Waals surface area contributed by atoms with Crippen LogP contribution in [-0.2, 0) is 4.74 Å². The number of amides is 1. The van der Waals surface area contributed by atoms with E-state index in [2.05, 4.69) is 17.2 Å².